The van der Waals surface area contributed by atoms with Crippen LogP contribution in [-0.4, -0.2) is 42.4 Å². The Balaban J connectivity index is 1.77. The van der Waals surface area contributed by atoms with Gasteiger partial charge >= 0.3 is 12.0 Å². The van der Waals surface area contributed by atoms with E-state index in [2.05, 4.69) is 15.4 Å². The lowest BCUT2D eigenvalue weighted by molar-refractivity contribution is -0.133. The summed E-state index contributed by atoms with van der Waals surface area (Å²) >= 11 is 0. The molecule has 2 N–H and O–H groups in total. The first-order chi connectivity index (χ1) is 14.2. The summed E-state index contributed by atoms with van der Waals surface area (Å²) in [6.45, 7) is 0.558. The van der Waals surface area contributed by atoms with Gasteiger partial charge in [0.05, 0.1) is 12.7 Å². The number of amides is 4. The lowest BCUT2D eigenvalue weighted by Crippen LogP contribution is -2.42. The predicted molar refractivity (Wildman–Crippen MR) is 100 cm³/mol. The Labute approximate surface area is 169 Å². The Morgan fingerprint density at radius 3 is 2.60 bits per heavy atom. The lowest BCUT2D eigenvalue weighted by Gasteiger charge is -2.22. The number of halogens is 2. The van der Waals surface area contributed by atoms with Crippen molar-refractivity contribution in [2.24, 2.45) is 0 Å². The summed E-state index contributed by atoms with van der Waals surface area (Å²) in [5, 5.41) is 4.77. The monoisotopic (exact) mass is 417 g/mol. The molecule has 0 spiro atoms. The molecule has 0 radical (unpaired) electrons. The van der Waals surface area contributed by atoms with E-state index in [1.807, 2.05) is 0 Å². The molecule has 156 valence electrons. The van der Waals surface area contributed by atoms with Gasteiger partial charge in [-0.15, -0.1) is 0 Å². The Kier molecular flexibility index (Phi) is 5.50. The van der Waals surface area contributed by atoms with Gasteiger partial charge in [-0.25, -0.2) is 18.4 Å². The number of methoxy groups -OCH3 is 1. The average Bonchev–Trinajstić information content (AvgIpc) is 2.93. The van der Waals surface area contributed by atoms with Crippen LogP contribution in [0.3, 0.4) is 0 Å². The highest BCUT2D eigenvalue weighted by Crippen LogP contribution is 2.31. The fraction of sp³-hybridized carbons (Fsp3) is 0.200. The van der Waals surface area contributed by atoms with E-state index in [1.54, 1.807) is 0 Å². The first-order valence-corrected chi connectivity index (χ1v) is 8.73. The van der Waals surface area contributed by atoms with Gasteiger partial charge in [-0.1, -0.05) is 6.07 Å². The maximum atomic E-state index is 14.2. The number of urea groups is 1. The topological polar surface area (TPSA) is 105 Å². The van der Waals surface area contributed by atoms with Crippen LogP contribution in [0.2, 0.25) is 0 Å². The number of benzene rings is 2. The van der Waals surface area contributed by atoms with Crippen molar-refractivity contribution in [3.8, 4) is 0 Å². The van der Waals surface area contributed by atoms with Crippen LogP contribution in [0.25, 0.3) is 0 Å². The Morgan fingerprint density at radius 1 is 1.17 bits per heavy atom. The van der Waals surface area contributed by atoms with E-state index in [9.17, 15) is 28.0 Å². The van der Waals surface area contributed by atoms with Crippen LogP contribution >= 0.6 is 0 Å². The van der Waals surface area contributed by atoms with Crippen LogP contribution in [0.5, 0.6) is 0 Å². The van der Waals surface area contributed by atoms with Crippen molar-refractivity contribution in [2.45, 2.75) is 12.5 Å². The molecule has 30 heavy (non-hydrogen) atoms. The second-order valence-electron chi connectivity index (χ2n) is 6.69. The molecule has 1 heterocycles. The molecule has 0 aromatic heterocycles. The number of carbonyl (C=O) groups is 4. The largest absolute Gasteiger partial charge is 0.465 e. The van der Waals surface area contributed by atoms with Crippen molar-refractivity contribution in [3.05, 3.63) is 65.2 Å². The molecule has 0 aliphatic carbocycles. The number of nitrogens with zero attached hydrogens (tertiary/aromatic N) is 1. The zero-order valence-corrected chi connectivity index (χ0v) is 16.0. The molecule has 10 heteroatoms. The number of carbonyl (C=O) groups excluding carboxylic acids is 4. The van der Waals surface area contributed by atoms with E-state index in [4.69, 9.17) is 0 Å². The number of nitrogens with one attached hydrogen (secondary N) is 2. The molecule has 4 amide bonds. The van der Waals surface area contributed by atoms with Gasteiger partial charge < -0.3 is 15.4 Å². The number of hydrogen-bond donors (Lipinski definition) is 2. The first-order valence-electron chi connectivity index (χ1n) is 8.73. The van der Waals surface area contributed by atoms with E-state index in [-0.39, 0.29) is 16.8 Å². The fourth-order valence-corrected chi connectivity index (χ4v) is 3.09. The van der Waals surface area contributed by atoms with Crippen LogP contribution in [0.4, 0.5) is 19.3 Å². The second-order valence-corrected chi connectivity index (χ2v) is 6.69. The van der Waals surface area contributed by atoms with E-state index in [0.717, 1.165) is 18.2 Å². The maximum Gasteiger partial charge on any atom is 0.337 e. The highest BCUT2D eigenvalue weighted by molar-refractivity contribution is 6.10. The Bertz CT molecular complexity index is 1060. The van der Waals surface area contributed by atoms with Gasteiger partial charge in [0, 0.05) is 11.3 Å². The molecule has 1 saturated heterocycles. The number of imide groups is 1. The summed E-state index contributed by atoms with van der Waals surface area (Å²) in [5.41, 5.74) is -1.78. The van der Waals surface area contributed by atoms with E-state index >= 15 is 0 Å². The molecule has 1 aliphatic rings. The minimum absolute atomic E-state index is 0.194. The molecule has 0 bridgehead atoms. The van der Waals surface area contributed by atoms with Crippen LogP contribution in [0.15, 0.2) is 42.5 Å². The van der Waals surface area contributed by atoms with Crippen LogP contribution < -0.4 is 10.6 Å². The van der Waals surface area contributed by atoms with Crippen molar-refractivity contribution in [1.82, 2.24) is 10.2 Å². The van der Waals surface area contributed by atoms with Gasteiger partial charge in [0.1, 0.15) is 23.7 Å². The van der Waals surface area contributed by atoms with E-state index < -0.39 is 47.5 Å². The third-order valence-corrected chi connectivity index (χ3v) is 4.61. The van der Waals surface area contributed by atoms with E-state index in [0.29, 0.717) is 4.90 Å². The SMILES string of the molecule is COC(=O)c1cccc(NC(=O)CN2C(=O)NC(C)(c3cc(F)ccc3F)C2=O)c1. The highest BCUT2D eigenvalue weighted by Gasteiger charge is 2.50. The number of rotatable bonds is 5. The molecule has 3 rings (SSSR count). The summed E-state index contributed by atoms with van der Waals surface area (Å²) in [6, 6.07) is 7.48. The molecule has 0 saturated carbocycles. The van der Waals surface area contributed by atoms with Crippen LogP contribution in [-0.2, 0) is 19.9 Å². The summed E-state index contributed by atoms with van der Waals surface area (Å²) in [7, 11) is 1.21. The highest BCUT2D eigenvalue weighted by atomic mass is 19.1. The van der Waals surface area contributed by atoms with Gasteiger partial charge in [-0.2, -0.15) is 0 Å². The summed E-state index contributed by atoms with van der Waals surface area (Å²) in [6.07, 6.45) is 0. The molecule has 1 aliphatic heterocycles. The summed E-state index contributed by atoms with van der Waals surface area (Å²) in [4.78, 5) is 49.6. The second kappa shape index (κ2) is 7.90. The minimum Gasteiger partial charge on any atom is -0.465 e. The van der Waals surface area contributed by atoms with Gasteiger partial charge in [-0.3, -0.25) is 14.5 Å². The fourth-order valence-electron chi connectivity index (χ4n) is 3.09. The smallest absolute Gasteiger partial charge is 0.337 e. The van der Waals surface area contributed by atoms with Crippen molar-refractivity contribution in [1.29, 1.82) is 0 Å². The van der Waals surface area contributed by atoms with Gasteiger partial charge in [0.2, 0.25) is 5.91 Å². The predicted octanol–water partition coefficient (Wildman–Crippen LogP) is 2.16. The lowest BCUT2D eigenvalue weighted by atomic mass is 9.91. The number of ether oxygens (including phenoxy) is 1. The molecule has 1 unspecified atom stereocenters. The molecule has 2 aromatic carbocycles. The average molecular weight is 417 g/mol. The molecule has 8 nitrogen and oxygen atoms in total. The molecule has 1 fully saturated rings. The van der Waals surface area contributed by atoms with Gasteiger partial charge in [0.25, 0.3) is 5.91 Å². The van der Waals surface area contributed by atoms with Crippen molar-refractivity contribution < 1.29 is 32.7 Å². The Morgan fingerprint density at radius 2 is 1.90 bits per heavy atom. The zero-order chi connectivity index (χ0) is 22.1. The molecular formula is C20H17F2N3O5. The zero-order valence-electron chi connectivity index (χ0n) is 16.0. The Hall–Kier alpha value is -3.82. The molecule has 2 aromatic rings. The van der Waals surface area contributed by atoms with Crippen LogP contribution in [0.1, 0.15) is 22.8 Å². The van der Waals surface area contributed by atoms with Gasteiger partial charge in [-0.05, 0) is 43.3 Å². The summed E-state index contributed by atoms with van der Waals surface area (Å²) < 4.78 is 32.3. The quantitative estimate of drug-likeness (QED) is 0.573. The van der Waals surface area contributed by atoms with Crippen molar-refractivity contribution in [2.75, 3.05) is 19.0 Å². The van der Waals surface area contributed by atoms with Gasteiger partial charge in [0.15, 0.2) is 0 Å². The minimum atomic E-state index is -1.87. The molecular weight excluding hydrogens is 400 g/mol. The van der Waals surface area contributed by atoms with Crippen molar-refractivity contribution >= 4 is 29.5 Å². The number of anilines is 1. The normalized spacial score (nSPS) is 18.2. The first kappa shape index (κ1) is 20.9. The van der Waals surface area contributed by atoms with E-state index in [1.165, 1.54) is 38.3 Å². The standard InChI is InChI=1S/C20H17F2N3O5/c1-20(14-9-12(21)6-7-15(14)22)18(28)25(19(29)24-20)10-16(26)23-13-5-3-4-11(8-13)17(27)30-2/h3-9H,10H2,1-2H3,(H,23,26)(H,24,29). The summed E-state index contributed by atoms with van der Waals surface area (Å²) in [5.74, 6) is -3.90. The number of hydrogen-bond acceptors (Lipinski definition) is 5. The molecule has 1 atom stereocenters. The van der Waals surface area contributed by atoms with Crippen molar-refractivity contribution in [3.63, 3.8) is 0 Å². The van der Waals surface area contributed by atoms with Crippen LogP contribution in [0, 0.1) is 11.6 Å². The third-order valence-electron chi connectivity index (χ3n) is 4.61. The maximum absolute atomic E-state index is 14.2. The third kappa shape index (κ3) is 3.84. The number of esters is 1.